The maximum absolute atomic E-state index is 12.4. The molecule has 2 rings (SSSR count). The van der Waals surface area contributed by atoms with E-state index in [2.05, 4.69) is 13.8 Å². The smallest absolute Gasteiger partial charge is 0.308 e. The molecule has 1 aromatic heterocycles. The van der Waals surface area contributed by atoms with Gasteiger partial charge in [-0.3, -0.25) is 9.59 Å². The molecule has 1 fully saturated rings. The molecule has 0 bridgehead atoms. The molecule has 1 aliphatic heterocycles. The number of carboxylic acids is 1. The van der Waals surface area contributed by atoms with Gasteiger partial charge >= 0.3 is 5.97 Å². The Labute approximate surface area is 123 Å². The Kier molecular flexibility index (Phi) is 4.81. The van der Waals surface area contributed by atoms with Crippen LogP contribution in [0.25, 0.3) is 0 Å². The minimum atomic E-state index is -0.801. The maximum Gasteiger partial charge on any atom is 0.308 e. The zero-order chi connectivity index (χ0) is 14.7. The first-order chi connectivity index (χ1) is 9.50. The Bertz CT molecular complexity index is 469. The quantitative estimate of drug-likeness (QED) is 0.928. The number of thiophene rings is 1. The summed E-state index contributed by atoms with van der Waals surface area (Å²) in [7, 11) is 0. The van der Waals surface area contributed by atoms with Crippen molar-refractivity contribution in [2.75, 3.05) is 6.54 Å². The number of hydrogen-bond donors (Lipinski definition) is 1. The van der Waals surface area contributed by atoms with Crippen molar-refractivity contribution < 1.29 is 14.7 Å². The highest BCUT2D eigenvalue weighted by molar-refractivity contribution is 7.08. The molecule has 20 heavy (non-hydrogen) atoms. The average molecular weight is 295 g/mol. The monoisotopic (exact) mass is 295 g/mol. The molecular weight excluding hydrogens is 274 g/mol. The lowest BCUT2D eigenvalue weighted by Crippen LogP contribution is -2.40. The molecule has 0 saturated carbocycles. The molecule has 5 heteroatoms. The van der Waals surface area contributed by atoms with Crippen molar-refractivity contribution in [3.8, 4) is 0 Å². The van der Waals surface area contributed by atoms with Crippen LogP contribution in [0.15, 0.2) is 16.8 Å². The average Bonchev–Trinajstić information content (AvgIpc) is 2.83. The van der Waals surface area contributed by atoms with Gasteiger partial charge in [-0.1, -0.05) is 13.8 Å². The second kappa shape index (κ2) is 6.39. The van der Waals surface area contributed by atoms with E-state index < -0.39 is 11.9 Å². The lowest BCUT2D eigenvalue weighted by Gasteiger charge is -2.34. The van der Waals surface area contributed by atoms with Crippen molar-refractivity contribution >= 4 is 23.2 Å². The molecule has 1 amide bonds. The van der Waals surface area contributed by atoms with Gasteiger partial charge < -0.3 is 10.0 Å². The molecular formula is C15H21NO3S. The van der Waals surface area contributed by atoms with Gasteiger partial charge in [0, 0.05) is 13.0 Å². The number of carbonyl (C=O) groups is 2. The molecule has 1 N–H and O–H groups in total. The van der Waals surface area contributed by atoms with Crippen molar-refractivity contribution in [1.29, 1.82) is 0 Å². The normalized spacial score (nSPS) is 23.9. The molecule has 2 heterocycles. The van der Waals surface area contributed by atoms with Crippen LogP contribution in [0.4, 0.5) is 0 Å². The van der Waals surface area contributed by atoms with Gasteiger partial charge in [-0.05, 0) is 41.1 Å². The van der Waals surface area contributed by atoms with Crippen LogP contribution >= 0.6 is 11.3 Å². The Balaban J connectivity index is 2.40. The summed E-state index contributed by atoms with van der Waals surface area (Å²) >= 11 is 1.55. The van der Waals surface area contributed by atoms with Crippen LogP contribution in [0, 0.1) is 11.8 Å². The second-order valence-corrected chi connectivity index (χ2v) is 6.56. The molecule has 0 aliphatic carbocycles. The van der Waals surface area contributed by atoms with E-state index in [0.29, 0.717) is 31.7 Å². The second-order valence-electron chi connectivity index (χ2n) is 5.78. The zero-order valence-corrected chi connectivity index (χ0v) is 12.7. The molecule has 2 unspecified atom stereocenters. The molecule has 4 nitrogen and oxygen atoms in total. The number of carbonyl (C=O) groups excluding carboxylic acids is 1. The van der Waals surface area contributed by atoms with Crippen LogP contribution in [-0.4, -0.2) is 28.4 Å². The maximum atomic E-state index is 12.4. The minimum absolute atomic E-state index is 0.0821. The molecule has 110 valence electrons. The first kappa shape index (κ1) is 15.0. The standard InChI is InChI=1S/C15H21NO3S/c1-10(2)8-16-13(17)5-3-4-12(15(18)19)14(16)11-6-7-20-9-11/h6-7,9-10,12,14H,3-5,8H2,1-2H3,(H,18,19). The van der Waals surface area contributed by atoms with Crippen LogP contribution in [0.1, 0.15) is 44.7 Å². The van der Waals surface area contributed by atoms with Gasteiger partial charge in [-0.25, -0.2) is 0 Å². The fraction of sp³-hybridized carbons (Fsp3) is 0.600. The number of likely N-dealkylation sites (tertiary alicyclic amines) is 1. The number of hydrogen-bond acceptors (Lipinski definition) is 3. The van der Waals surface area contributed by atoms with Gasteiger partial charge in [0.15, 0.2) is 0 Å². The third-order valence-corrected chi connectivity index (χ3v) is 4.41. The highest BCUT2D eigenvalue weighted by Gasteiger charge is 2.38. The van der Waals surface area contributed by atoms with Gasteiger partial charge in [-0.2, -0.15) is 11.3 Å². The first-order valence-electron chi connectivity index (χ1n) is 7.05. The minimum Gasteiger partial charge on any atom is -0.481 e. The van der Waals surface area contributed by atoms with Gasteiger partial charge in [0.1, 0.15) is 0 Å². The third kappa shape index (κ3) is 3.20. The van der Waals surface area contributed by atoms with E-state index in [1.165, 1.54) is 0 Å². The van der Waals surface area contributed by atoms with Crippen molar-refractivity contribution in [2.24, 2.45) is 11.8 Å². The molecule has 2 atom stereocenters. The van der Waals surface area contributed by atoms with Gasteiger partial charge in [0.05, 0.1) is 12.0 Å². The number of nitrogens with zero attached hydrogens (tertiary/aromatic N) is 1. The van der Waals surface area contributed by atoms with E-state index in [1.807, 2.05) is 16.8 Å². The van der Waals surface area contributed by atoms with E-state index in [4.69, 9.17) is 0 Å². The molecule has 1 saturated heterocycles. The van der Waals surface area contributed by atoms with E-state index in [1.54, 1.807) is 16.2 Å². The summed E-state index contributed by atoms with van der Waals surface area (Å²) in [6.07, 6.45) is 1.68. The summed E-state index contributed by atoms with van der Waals surface area (Å²) in [6, 6.07) is 1.62. The lowest BCUT2D eigenvalue weighted by atomic mass is 9.90. The van der Waals surface area contributed by atoms with E-state index >= 15 is 0 Å². The van der Waals surface area contributed by atoms with Crippen molar-refractivity contribution in [3.63, 3.8) is 0 Å². The summed E-state index contributed by atoms with van der Waals surface area (Å²) in [5.41, 5.74) is 0.957. The third-order valence-electron chi connectivity index (χ3n) is 3.71. The molecule has 0 radical (unpaired) electrons. The number of carboxylic acid groups (broad SMARTS) is 1. The molecule has 1 aliphatic rings. The predicted molar refractivity (Wildman–Crippen MR) is 78.6 cm³/mol. The van der Waals surface area contributed by atoms with E-state index in [0.717, 1.165) is 5.56 Å². The summed E-state index contributed by atoms with van der Waals surface area (Å²) in [5, 5.41) is 13.4. The summed E-state index contributed by atoms with van der Waals surface area (Å²) in [6.45, 7) is 4.72. The van der Waals surface area contributed by atoms with Crippen LogP contribution in [0.3, 0.4) is 0 Å². The van der Waals surface area contributed by atoms with Crippen molar-refractivity contribution in [2.45, 2.75) is 39.2 Å². The number of rotatable bonds is 4. The zero-order valence-electron chi connectivity index (χ0n) is 11.9. The highest BCUT2D eigenvalue weighted by atomic mass is 32.1. The Hall–Kier alpha value is -1.36. The topological polar surface area (TPSA) is 57.6 Å². The van der Waals surface area contributed by atoms with Gasteiger partial charge in [0.25, 0.3) is 0 Å². The largest absolute Gasteiger partial charge is 0.481 e. The van der Waals surface area contributed by atoms with Crippen LogP contribution in [0.2, 0.25) is 0 Å². The summed E-state index contributed by atoms with van der Waals surface area (Å²) in [5.74, 6) is -0.897. The summed E-state index contributed by atoms with van der Waals surface area (Å²) in [4.78, 5) is 25.8. The SMILES string of the molecule is CC(C)CN1C(=O)CCCC(C(=O)O)C1c1ccsc1. The number of amides is 1. The Morgan fingerprint density at radius 3 is 2.85 bits per heavy atom. The summed E-state index contributed by atoms with van der Waals surface area (Å²) < 4.78 is 0. The fourth-order valence-corrected chi connectivity index (χ4v) is 3.56. The Morgan fingerprint density at radius 1 is 1.55 bits per heavy atom. The predicted octanol–water partition coefficient (Wildman–Crippen LogP) is 3.16. The molecule has 0 spiro atoms. The molecule has 1 aromatic rings. The fourth-order valence-electron chi connectivity index (χ4n) is 2.87. The lowest BCUT2D eigenvalue weighted by molar-refractivity contribution is -0.146. The number of aliphatic carboxylic acids is 1. The first-order valence-corrected chi connectivity index (χ1v) is 7.99. The van der Waals surface area contributed by atoms with Crippen molar-refractivity contribution in [1.82, 2.24) is 4.90 Å². The van der Waals surface area contributed by atoms with Gasteiger partial charge in [0.2, 0.25) is 5.91 Å². The Morgan fingerprint density at radius 2 is 2.30 bits per heavy atom. The van der Waals surface area contributed by atoms with Crippen LogP contribution < -0.4 is 0 Å². The van der Waals surface area contributed by atoms with Crippen molar-refractivity contribution in [3.05, 3.63) is 22.4 Å². The van der Waals surface area contributed by atoms with Gasteiger partial charge in [-0.15, -0.1) is 0 Å². The van der Waals surface area contributed by atoms with E-state index in [9.17, 15) is 14.7 Å². The van der Waals surface area contributed by atoms with Crippen LogP contribution in [0.5, 0.6) is 0 Å². The molecule has 0 aromatic carbocycles. The highest BCUT2D eigenvalue weighted by Crippen LogP contribution is 2.37. The van der Waals surface area contributed by atoms with Crippen LogP contribution in [-0.2, 0) is 9.59 Å². The van der Waals surface area contributed by atoms with E-state index in [-0.39, 0.29) is 11.9 Å².